The van der Waals surface area contributed by atoms with Gasteiger partial charge in [-0.3, -0.25) is 0 Å². The average Bonchev–Trinajstić information content (AvgIpc) is 2.97. The molecule has 2 fully saturated rings. The van der Waals surface area contributed by atoms with Crippen molar-refractivity contribution in [3.63, 3.8) is 0 Å². The molecule has 0 bridgehead atoms. The molecule has 0 spiro atoms. The summed E-state index contributed by atoms with van der Waals surface area (Å²) in [7, 11) is 0. The number of hydrogen-bond donors (Lipinski definition) is 1. The maximum atomic E-state index is 12.2. The first-order chi connectivity index (χ1) is 10.1. The fourth-order valence-electron chi connectivity index (χ4n) is 3.95. The van der Waals surface area contributed by atoms with Gasteiger partial charge in [-0.2, -0.15) is 0 Å². The second-order valence-corrected chi connectivity index (χ2v) is 9.02. The van der Waals surface area contributed by atoms with Crippen LogP contribution in [0.25, 0.3) is 0 Å². The number of carbonyl (C=O) groups excluding carboxylic acids is 1. The molecule has 2 rings (SSSR count). The van der Waals surface area contributed by atoms with Gasteiger partial charge >= 0.3 is 6.09 Å². The SMILES string of the molecule is CC(C)(C)OC(=O)N1CCCC(CCC2(CN)CC2(C)C)C1. The minimum atomic E-state index is -0.411. The van der Waals surface area contributed by atoms with Crippen molar-refractivity contribution in [3.8, 4) is 0 Å². The van der Waals surface area contributed by atoms with Gasteiger partial charge in [0.1, 0.15) is 5.60 Å². The molecule has 22 heavy (non-hydrogen) atoms. The van der Waals surface area contributed by atoms with Crippen molar-refractivity contribution in [2.24, 2.45) is 22.5 Å². The lowest BCUT2D eigenvalue weighted by Gasteiger charge is -2.35. The van der Waals surface area contributed by atoms with Gasteiger partial charge in [0.15, 0.2) is 0 Å². The summed E-state index contributed by atoms with van der Waals surface area (Å²) in [6.45, 7) is 12.9. The Labute approximate surface area is 135 Å². The summed E-state index contributed by atoms with van der Waals surface area (Å²) in [6, 6.07) is 0. The predicted octanol–water partition coefficient (Wildman–Crippen LogP) is 3.79. The Bertz CT molecular complexity index is 414. The number of carbonyl (C=O) groups is 1. The molecule has 4 heteroatoms. The minimum absolute atomic E-state index is 0.155. The van der Waals surface area contributed by atoms with E-state index in [1.807, 2.05) is 25.7 Å². The van der Waals surface area contributed by atoms with Crippen LogP contribution in [0.1, 0.15) is 66.7 Å². The lowest BCUT2D eigenvalue weighted by atomic mass is 9.85. The average molecular weight is 310 g/mol. The molecule has 0 aromatic rings. The standard InChI is InChI=1S/C18H34N2O2/c1-16(2,3)22-15(21)20-10-6-7-14(11-20)8-9-18(13-19)12-17(18,4)5/h14H,6-13,19H2,1-5H3. The Morgan fingerprint density at radius 3 is 2.50 bits per heavy atom. The van der Waals surface area contributed by atoms with Crippen molar-refractivity contribution >= 4 is 6.09 Å². The zero-order chi connectivity index (χ0) is 16.6. The largest absolute Gasteiger partial charge is 0.444 e. The van der Waals surface area contributed by atoms with E-state index in [4.69, 9.17) is 10.5 Å². The predicted molar refractivity (Wildman–Crippen MR) is 89.7 cm³/mol. The Kier molecular flexibility index (Phi) is 4.82. The van der Waals surface area contributed by atoms with Gasteiger partial charge in [0, 0.05) is 13.1 Å². The van der Waals surface area contributed by atoms with E-state index in [1.54, 1.807) is 0 Å². The maximum absolute atomic E-state index is 12.2. The first-order valence-corrected chi connectivity index (χ1v) is 8.77. The topological polar surface area (TPSA) is 55.6 Å². The van der Waals surface area contributed by atoms with Gasteiger partial charge in [-0.25, -0.2) is 4.79 Å². The van der Waals surface area contributed by atoms with Crippen LogP contribution in [-0.2, 0) is 4.74 Å². The first kappa shape index (κ1) is 17.6. The zero-order valence-electron chi connectivity index (χ0n) is 15.1. The van der Waals surface area contributed by atoms with Crippen LogP contribution in [0.5, 0.6) is 0 Å². The highest BCUT2D eigenvalue weighted by Gasteiger charge is 2.59. The summed E-state index contributed by atoms with van der Waals surface area (Å²) < 4.78 is 5.50. The third-order valence-electron chi connectivity index (χ3n) is 5.68. The number of rotatable bonds is 4. The molecule has 128 valence electrons. The molecule has 1 aliphatic heterocycles. The van der Waals surface area contributed by atoms with Crippen LogP contribution in [0, 0.1) is 16.7 Å². The van der Waals surface area contributed by atoms with E-state index < -0.39 is 5.60 Å². The van der Waals surface area contributed by atoms with Crippen LogP contribution in [0.15, 0.2) is 0 Å². The summed E-state index contributed by atoms with van der Waals surface area (Å²) in [4.78, 5) is 14.1. The molecule has 2 aliphatic rings. The number of nitrogens with zero attached hydrogens (tertiary/aromatic N) is 1. The van der Waals surface area contributed by atoms with E-state index >= 15 is 0 Å². The third-order valence-corrected chi connectivity index (χ3v) is 5.68. The van der Waals surface area contributed by atoms with Gasteiger partial charge in [0.2, 0.25) is 0 Å². The normalized spacial score (nSPS) is 31.0. The highest BCUT2D eigenvalue weighted by atomic mass is 16.6. The molecule has 2 N–H and O–H groups in total. The first-order valence-electron chi connectivity index (χ1n) is 8.77. The Morgan fingerprint density at radius 1 is 1.36 bits per heavy atom. The fraction of sp³-hybridized carbons (Fsp3) is 0.944. The van der Waals surface area contributed by atoms with Gasteiger partial charge in [0.25, 0.3) is 0 Å². The summed E-state index contributed by atoms with van der Waals surface area (Å²) >= 11 is 0. The van der Waals surface area contributed by atoms with Gasteiger partial charge < -0.3 is 15.4 Å². The van der Waals surface area contributed by atoms with E-state index in [-0.39, 0.29) is 6.09 Å². The summed E-state index contributed by atoms with van der Waals surface area (Å²) in [5.41, 5.74) is 6.36. The molecule has 1 saturated carbocycles. The molecular formula is C18H34N2O2. The molecule has 1 aliphatic carbocycles. The van der Waals surface area contributed by atoms with E-state index in [0.29, 0.717) is 16.7 Å². The van der Waals surface area contributed by atoms with Crippen molar-refractivity contribution in [1.82, 2.24) is 4.90 Å². The fourth-order valence-corrected chi connectivity index (χ4v) is 3.95. The van der Waals surface area contributed by atoms with Crippen LogP contribution in [-0.4, -0.2) is 36.2 Å². The van der Waals surface area contributed by atoms with Gasteiger partial charge in [-0.05, 0) is 76.2 Å². The Hall–Kier alpha value is -0.770. The smallest absolute Gasteiger partial charge is 0.410 e. The molecule has 0 radical (unpaired) electrons. The highest BCUT2D eigenvalue weighted by Crippen LogP contribution is 2.65. The number of amides is 1. The lowest BCUT2D eigenvalue weighted by Crippen LogP contribution is -2.43. The minimum Gasteiger partial charge on any atom is -0.444 e. The van der Waals surface area contributed by atoms with E-state index in [9.17, 15) is 4.79 Å². The quantitative estimate of drug-likeness (QED) is 0.859. The number of hydrogen-bond acceptors (Lipinski definition) is 3. The van der Waals surface area contributed by atoms with Crippen molar-refractivity contribution in [2.45, 2.75) is 72.3 Å². The molecule has 1 saturated heterocycles. The molecular weight excluding hydrogens is 276 g/mol. The number of likely N-dealkylation sites (tertiary alicyclic amines) is 1. The van der Waals surface area contributed by atoms with E-state index in [1.165, 1.54) is 25.7 Å². The molecule has 1 heterocycles. The molecule has 0 aromatic heterocycles. The summed E-state index contributed by atoms with van der Waals surface area (Å²) in [5, 5.41) is 0. The van der Waals surface area contributed by atoms with Crippen LogP contribution >= 0.6 is 0 Å². The highest BCUT2D eigenvalue weighted by molar-refractivity contribution is 5.68. The number of piperidine rings is 1. The Morgan fingerprint density at radius 2 is 2.00 bits per heavy atom. The number of ether oxygens (including phenoxy) is 1. The Balaban J connectivity index is 1.83. The lowest BCUT2D eigenvalue weighted by molar-refractivity contribution is 0.0157. The molecule has 0 aromatic carbocycles. The maximum Gasteiger partial charge on any atom is 0.410 e. The zero-order valence-corrected chi connectivity index (χ0v) is 15.1. The molecule has 2 unspecified atom stereocenters. The molecule has 1 amide bonds. The van der Waals surface area contributed by atoms with Crippen molar-refractivity contribution in [3.05, 3.63) is 0 Å². The third kappa shape index (κ3) is 3.95. The molecule has 4 nitrogen and oxygen atoms in total. The van der Waals surface area contributed by atoms with Crippen LogP contribution in [0.4, 0.5) is 4.79 Å². The van der Waals surface area contributed by atoms with Crippen LogP contribution in [0.3, 0.4) is 0 Å². The van der Waals surface area contributed by atoms with Crippen LogP contribution in [0.2, 0.25) is 0 Å². The van der Waals surface area contributed by atoms with Crippen LogP contribution < -0.4 is 5.73 Å². The number of nitrogens with two attached hydrogens (primary N) is 1. The van der Waals surface area contributed by atoms with Crippen molar-refractivity contribution < 1.29 is 9.53 Å². The van der Waals surface area contributed by atoms with Gasteiger partial charge in [-0.15, -0.1) is 0 Å². The second-order valence-electron chi connectivity index (χ2n) is 9.02. The van der Waals surface area contributed by atoms with E-state index in [0.717, 1.165) is 26.1 Å². The van der Waals surface area contributed by atoms with Gasteiger partial charge in [0.05, 0.1) is 0 Å². The monoisotopic (exact) mass is 310 g/mol. The van der Waals surface area contributed by atoms with Crippen molar-refractivity contribution in [2.75, 3.05) is 19.6 Å². The summed E-state index contributed by atoms with van der Waals surface area (Å²) in [6.07, 6.45) is 5.78. The second kappa shape index (κ2) is 6.03. The molecule has 2 atom stereocenters. The summed E-state index contributed by atoms with van der Waals surface area (Å²) in [5.74, 6) is 0.598. The van der Waals surface area contributed by atoms with E-state index in [2.05, 4.69) is 13.8 Å². The van der Waals surface area contributed by atoms with Gasteiger partial charge in [-0.1, -0.05) is 13.8 Å². The van der Waals surface area contributed by atoms with Crippen molar-refractivity contribution in [1.29, 1.82) is 0 Å².